The lowest BCUT2D eigenvalue weighted by Crippen LogP contribution is -2.22. The van der Waals surface area contributed by atoms with Gasteiger partial charge in [-0.05, 0) is 62.4 Å². The molecule has 0 aliphatic carbocycles. The maximum absolute atomic E-state index is 12.4. The Morgan fingerprint density at radius 1 is 0.931 bits per heavy atom. The third-order valence-corrected chi connectivity index (χ3v) is 5.65. The molecule has 3 rings (SSSR count). The second-order valence-corrected chi connectivity index (χ2v) is 8.40. The molecular weight excluding hydrogens is 404 g/mol. The lowest BCUT2D eigenvalue weighted by Gasteiger charge is -2.13. The average molecular weight is 425 g/mol. The molecule has 1 unspecified atom stereocenters. The number of thioether (sulfide) groups is 1. The molecule has 2 amide bonds. The Morgan fingerprint density at radius 2 is 1.66 bits per heavy atom. The van der Waals surface area contributed by atoms with Crippen molar-refractivity contribution in [3.63, 3.8) is 0 Å². The van der Waals surface area contributed by atoms with E-state index in [9.17, 15) is 9.59 Å². The number of nitrogens with one attached hydrogen (secondary N) is 2. The fraction of sp³-hybridized carbons (Fsp3) is 0.130. The van der Waals surface area contributed by atoms with E-state index < -0.39 is 0 Å². The Bertz CT molecular complexity index is 1020. The van der Waals surface area contributed by atoms with Crippen molar-refractivity contribution in [2.24, 2.45) is 0 Å². The number of amides is 2. The van der Waals surface area contributed by atoms with E-state index in [1.165, 1.54) is 11.8 Å². The molecule has 0 bridgehead atoms. The summed E-state index contributed by atoms with van der Waals surface area (Å²) in [7, 11) is 0. The number of halogens is 1. The van der Waals surface area contributed by atoms with Gasteiger partial charge in [0.25, 0.3) is 5.91 Å². The fourth-order valence-electron chi connectivity index (χ4n) is 2.66. The van der Waals surface area contributed by atoms with Crippen molar-refractivity contribution in [1.29, 1.82) is 0 Å². The Hall–Kier alpha value is -2.76. The molecule has 0 saturated carbocycles. The minimum atomic E-state index is -0.306. The lowest BCUT2D eigenvalue weighted by atomic mass is 10.1. The number of carbonyl (C=O) groups is 2. The second-order valence-electron chi connectivity index (χ2n) is 6.58. The van der Waals surface area contributed by atoms with Crippen LogP contribution in [-0.2, 0) is 4.79 Å². The smallest absolute Gasteiger partial charge is 0.255 e. The van der Waals surface area contributed by atoms with Crippen molar-refractivity contribution in [3.8, 4) is 0 Å². The number of hydrogen-bond donors (Lipinski definition) is 2. The van der Waals surface area contributed by atoms with E-state index in [-0.39, 0.29) is 17.1 Å². The number of para-hydroxylation sites is 1. The zero-order valence-corrected chi connectivity index (χ0v) is 17.7. The van der Waals surface area contributed by atoms with Crippen molar-refractivity contribution >= 4 is 46.6 Å². The third kappa shape index (κ3) is 5.86. The highest BCUT2D eigenvalue weighted by Crippen LogP contribution is 2.27. The van der Waals surface area contributed by atoms with Crippen LogP contribution in [0.2, 0.25) is 5.02 Å². The van der Waals surface area contributed by atoms with Gasteiger partial charge >= 0.3 is 0 Å². The molecule has 0 spiro atoms. The topological polar surface area (TPSA) is 58.2 Å². The molecule has 6 heteroatoms. The highest BCUT2D eigenvalue weighted by molar-refractivity contribution is 8.00. The first-order valence-electron chi connectivity index (χ1n) is 9.12. The minimum absolute atomic E-state index is 0.125. The fourth-order valence-corrected chi connectivity index (χ4v) is 3.71. The van der Waals surface area contributed by atoms with Crippen LogP contribution in [-0.4, -0.2) is 17.1 Å². The standard InChI is InChI=1S/C23H21ClN2O2S/c1-15-6-5-7-17(14-15)23(28)25-18-10-12-19(13-11-18)29-16(2)22(27)26-21-9-4-3-8-20(21)24/h3-14,16H,1-2H3,(H,25,28)(H,26,27). The zero-order valence-electron chi connectivity index (χ0n) is 16.1. The van der Waals surface area contributed by atoms with Crippen LogP contribution in [0.3, 0.4) is 0 Å². The van der Waals surface area contributed by atoms with Crippen LogP contribution in [0.5, 0.6) is 0 Å². The van der Waals surface area contributed by atoms with Crippen LogP contribution >= 0.6 is 23.4 Å². The second kappa shape index (κ2) is 9.63. The summed E-state index contributed by atoms with van der Waals surface area (Å²) in [5, 5.41) is 5.93. The van der Waals surface area contributed by atoms with Gasteiger partial charge in [0.2, 0.25) is 5.91 Å². The van der Waals surface area contributed by atoms with Crippen molar-refractivity contribution < 1.29 is 9.59 Å². The molecule has 2 N–H and O–H groups in total. The molecule has 0 heterocycles. The van der Waals surface area contributed by atoms with Gasteiger partial charge in [-0.1, -0.05) is 41.4 Å². The van der Waals surface area contributed by atoms with E-state index in [1.54, 1.807) is 18.2 Å². The van der Waals surface area contributed by atoms with Crippen LogP contribution in [0.1, 0.15) is 22.8 Å². The SMILES string of the molecule is Cc1cccc(C(=O)Nc2ccc(SC(C)C(=O)Nc3ccccc3Cl)cc2)c1. The number of aryl methyl sites for hydroxylation is 1. The van der Waals surface area contributed by atoms with Gasteiger partial charge in [0.15, 0.2) is 0 Å². The number of hydrogen-bond acceptors (Lipinski definition) is 3. The molecule has 0 radical (unpaired) electrons. The molecule has 0 aliphatic rings. The monoisotopic (exact) mass is 424 g/mol. The molecule has 1 atom stereocenters. The highest BCUT2D eigenvalue weighted by Gasteiger charge is 2.16. The summed E-state index contributed by atoms with van der Waals surface area (Å²) in [5.74, 6) is -0.276. The minimum Gasteiger partial charge on any atom is -0.324 e. The molecule has 3 aromatic carbocycles. The molecule has 0 aromatic heterocycles. The molecule has 3 aromatic rings. The third-order valence-electron chi connectivity index (χ3n) is 4.21. The highest BCUT2D eigenvalue weighted by atomic mass is 35.5. The predicted octanol–water partition coefficient (Wildman–Crippen LogP) is 6.02. The molecule has 29 heavy (non-hydrogen) atoms. The Morgan fingerprint density at radius 3 is 2.34 bits per heavy atom. The van der Waals surface area contributed by atoms with E-state index in [0.717, 1.165) is 10.5 Å². The first-order valence-corrected chi connectivity index (χ1v) is 10.4. The summed E-state index contributed by atoms with van der Waals surface area (Å²) < 4.78 is 0. The van der Waals surface area contributed by atoms with Crippen molar-refractivity contribution in [3.05, 3.63) is 88.9 Å². The van der Waals surface area contributed by atoms with Gasteiger partial charge in [-0.15, -0.1) is 11.8 Å². The van der Waals surface area contributed by atoms with Gasteiger partial charge in [-0.2, -0.15) is 0 Å². The summed E-state index contributed by atoms with van der Waals surface area (Å²) in [6.45, 7) is 3.79. The Kier molecular flexibility index (Phi) is 6.96. The molecule has 0 aliphatic heterocycles. The summed E-state index contributed by atoms with van der Waals surface area (Å²) >= 11 is 7.52. The van der Waals surface area contributed by atoms with Crippen LogP contribution in [0.15, 0.2) is 77.7 Å². The lowest BCUT2D eigenvalue weighted by molar-refractivity contribution is -0.115. The van der Waals surface area contributed by atoms with Crippen molar-refractivity contribution in [2.75, 3.05) is 10.6 Å². The average Bonchev–Trinajstić information content (AvgIpc) is 2.71. The van der Waals surface area contributed by atoms with Gasteiger partial charge in [0, 0.05) is 16.1 Å². The normalized spacial score (nSPS) is 11.6. The first kappa shape index (κ1) is 21.0. The quantitative estimate of drug-likeness (QED) is 0.475. The summed E-state index contributed by atoms with van der Waals surface area (Å²) in [6.07, 6.45) is 0. The van der Waals surface area contributed by atoms with Gasteiger partial charge in [-0.3, -0.25) is 9.59 Å². The van der Waals surface area contributed by atoms with Crippen LogP contribution in [0, 0.1) is 6.92 Å². The molecular formula is C23H21ClN2O2S. The van der Waals surface area contributed by atoms with Crippen LogP contribution in [0.4, 0.5) is 11.4 Å². The molecule has 148 valence electrons. The van der Waals surface area contributed by atoms with Gasteiger partial charge in [0.05, 0.1) is 16.0 Å². The van der Waals surface area contributed by atoms with Crippen molar-refractivity contribution in [2.45, 2.75) is 24.0 Å². The van der Waals surface area contributed by atoms with E-state index in [1.807, 2.05) is 68.4 Å². The first-order chi connectivity index (χ1) is 13.9. The largest absolute Gasteiger partial charge is 0.324 e. The van der Waals surface area contributed by atoms with Crippen molar-refractivity contribution in [1.82, 2.24) is 0 Å². The van der Waals surface area contributed by atoms with Gasteiger partial charge < -0.3 is 10.6 Å². The maximum atomic E-state index is 12.4. The molecule has 0 fully saturated rings. The number of benzene rings is 3. The van der Waals surface area contributed by atoms with Gasteiger partial charge in [-0.25, -0.2) is 0 Å². The zero-order chi connectivity index (χ0) is 20.8. The summed E-state index contributed by atoms with van der Waals surface area (Å²) in [4.78, 5) is 25.7. The number of carbonyl (C=O) groups excluding carboxylic acids is 2. The number of anilines is 2. The molecule has 0 saturated heterocycles. The molecule has 4 nitrogen and oxygen atoms in total. The Labute approximate surface area is 179 Å². The Balaban J connectivity index is 1.57. The van der Waals surface area contributed by atoms with E-state index in [4.69, 9.17) is 11.6 Å². The predicted molar refractivity (Wildman–Crippen MR) is 121 cm³/mol. The van der Waals surface area contributed by atoms with E-state index in [0.29, 0.717) is 22.0 Å². The van der Waals surface area contributed by atoms with Gasteiger partial charge in [0.1, 0.15) is 0 Å². The number of rotatable bonds is 6. The summed E-state index contributed by atoms with van der Waals surface area (Å²) in [6, 6.07) is 22.0. The van der Waals surface area contributed by atoms with Crippen LogP contribution in [0.25, 0.3) is 0 Å². The van der Waals surface area contributed by atoms with Crippen LogP contribution < -0.4 is 10.6 Å². The summed E-state index contributed by atoms with van der Waals surface area (Å²) in [5.41, 5.74) is 2.96. The van der Waals surface area contributed by atoms with E-state index >= 15 is 0 Å². The van der Waals surface area contributed by atoms with E-state index in [2.05, 4.69) is 10.6 Å². The maximum Gasteiger partial charge on any atom is 0.255 e.